The number of thiophene rings is 1. The highest BCUT2D eigenvalue weighted by Crippen LogP contribution is 2.19. The van der Waals surface area contributed by atoms with Crippen LogP contribution < -0.4 is 5.32 Å². The summed E-state index contributed by atoms with van der Waals surface area (Å²) in [5.74, 6) is 0.299. The number of methoxy groups -OCH3 is 1. The number of esters is 1. The van der Waals surface area contributed by atoms with Gasteiger partial charge in [-0.2, -0.15) is 0 Å². The number of hydrogen-bond donors (Lipinski definition) is 1. The third kappa shape index (κ3) is 2.57. The molecule has 0 fully saturated rings. The maximum absolute atomic E-state index is 11.9. The van der Waals surface area contributed by atoms with Crippen LogP contribution in [0.4, 0.5) is 0 Å². The summed E-state index contributed by atoms with van der Waals surface area (Å²) < 4.78 is 4.84. The van der Waals surface area contributed by atoms with Gasteiger partial charge in [0.25, 0.3) is 0 Å². The van der Waals surface area contributed by atoms with Gasteiger partial charge in [0.15, 0.2) is 5.69 Å². The van der Waals surface area contributed by atoms with E-state index in [1.54, 1.807) is 11.3 Å². The quantitative estimate of drug-likeness (QED) is 0.869. The average Bonchev–Trinajstić information content (AvgIpc) is 2.98. The van der Waals surface area contributed by atoms with Gasteiger partial charge in [-0.3, -0.25) is 0 Å². The lowest BCUT2D eigenvalue weighted by Crippen LogP contribution is -2.28. The first-order valence-corrected chi connectivity index (χ1v) is 7.36. The molecule has 1 aliphatic rings. The molecule has 1 aliphatic heterocycles. The van der Waals surface area contributed by atoms with Crippen molar-refractivity contribution in [3.63, 3.8) is 0 Å². The number of ether oxygens (including phenoxy) is 1. The van der Waals surface area contributed by atoms with Crippen LogP contribution in [0.1, 0.15) is 32.4 Å². The molecular formula is C14H15N3O2S. The lowest BCUT2D eigenvalue weighted by molar-refractivity contribution is 0.0591. The van der Waals surface area contributed by atoms with Crippen molar-refractivity contribution in [3.05, 3.63) is 45.2 Å². The SMILES string of the molecule is COC(=O)c1nc(Cc2cccs2)nc2c1CNCC2. The van der Waals surface area contributed by atoms with E-state index in [0.29, 0.717) is 24.5 Å². The van der Waals surface area contributed by atoms with E-state index >= 15 is 0 Å². The molecule has 2 aromatic heterocycles. The number of rotatable bonds is 3. The second-order valence-electron chi connectivity index (χ2n) is 4.59. The number of nitrogens with zero attached hydrogens (tertiary/aromatic N) is 2. The molecule has 0 spiro atoms. The fourth-order valence-corrected chi connectivity index (χ4v) is 3.01. The molecule has 5 nitrogen and oxygen atoms in total. The molecule has 0 unspecified atom stereocenters. The molecular weight excluding hydrogens is 274 g/mol. The van der Waals surface area contributed by atoms with Gasteiger partial charge in [0.05, 0.1) is 12.8 Å². The minimum atomic E-state index is -0.389. The Hall–Kier alpha value is -1.79. The number of hydrogen-bond acceptors (Lipinski definition) is 6. The van der Waals surface area contributed by atoms with Crippen LogP contribution in [0.15, 0.2) is 17.5 Å². The van der Waals surface area contributed by atoms with E-state index in [9.17, 15) is 4.79 Å². The molecule has 0 bridgehead atoms. The molecule has 0 amide bonds. The van der Waals surface area contributed by atoms with Gasteiger partial charge in [-0.15, -0.1) is 11.3 Å². The Morgan fingerprint density at radius 1 is 1.50 bits per heavy atom. The van der Waals surface area contributed by atoms with E-state index in [-0.39, 0.29) is 5.97 Å². The highest BCUT2D eigenvalue weighted by molar-refractivity contribution is 7.09. The van der Waals surface area contributed by atoms with Crippen molar-refractivity contribution in [1.82, 2.24) is 15.3 Å². The van der Waals surface area contributed by atoms with Crippen LogP contribution in [0.2, 0.25) is 0 Å². The van der Waals surface area contributed by atoms with Crippen LogP contribution in [0.3, 0.4) is 0 Å². The monoisotopic (exact) mass is 289 g/mol. The fraction of sp³-hybridized carbons (Fsp3) is 0.357. The van der Waals surface area contributed by atoms with Crippen molar-refractivity contribution in [2.24, 2.45) is 0 Å². The molecule has 20 heavy (non-hydrogen) atoms. The van der Waals surface area contributed by atoms with Gasteiger partial charge in [-0.05, 0) is 11.4 Å². The molecule has 1 N–H and O–H groups in total. The van der Waals surface area contributed by atoms with Crippen molar-refractivity contribution >= 4 is 17.3 Å². The lowest BCUT2D eigenvalue weighted by atomic mass is 10.0. The standard InChI is InChI=1S/C14H15N3O2S/c1-19-14(18)13-10-8-15-5-4-11(10)16-12(17-13)7-9-3-2-6-20-9/h2-3,6,15H,4-5,7-8H2,1H3. The molecule has 0 aromatic carbocycles. The van der Waals surface area contributed by atoms with Gasteiger partial charge in [0, 0.05) is 36.4 Å². The lowest BCUT2D eigenvalue weighted by Gasteiger charge is -2.19. The highest BCUT2D eigenvalue weighted by atomic mass is 32.1. The second-order valence-corrected chi connectivity index (χ2v) is 5.62. The normalized spacial score (nSPS) is 13.8. The molecule has 0 saturated carbocycles. The third-order valence-corrected chi connectivity index (χ3v) is 4.15. The first-order valence-electron chi connectivity index (χ1n) is 6.48. The highest BCUT2D eigenvalue weighted by Gasteiger charge is 2.22. The van der Waals surface area contributed by atoms with E-state index in [1.165, 1.54) is 12.0 Å². The zero-order chi connectivity index (χ0) is 13.9. The summed E-state index contributed by atoms with van der Waals surface area (Å²) in [7, 11) is 1.38. The fourth-order valence-electron chi connectivity index (χ4n) is 2.31. The Balaban J connectivity index is 2.01. The zero-order valence-corrected chi connectivity index (χ0v) is 12.0. The van der Waals surface area contributed by atoms with Gasteiger partial charge < -0.3 is 10.1 Å². The molecule has 6 heteroatoms. The van der Waals surface area contributed by atoms with E-state index in [0.717, 1.165) is 24.2 Å². The summed E-state index contributed by atoms with van der Waals surface area (Å²) in [5.41, 5.74) is 2.24. The Morgan fingerprint density at radius 2 is 2.40 bits per heavy atom. The number of nitrogens with one attached hydrogen (secondary N) is 1. The maximum atomic E-state index is 11.9. The van der Waals surface area contributed by atoms with Crippen LogP contribution in [0, 0.1) is 0 Å². The minimum Gasteiger partial charge on any atom is -0.464 e. The topological polar surface area (TPSA) is 64.1 Å². The molecule has 2 aromatic rings. The molecule has 0 aliphatic carbocycles. The van der Waals surface area contributed by atoms with E-state index in [1.807, 2.05) is 17.5 Å². The number of carbonyl (C=O) groups is 1. The van der Waals surface area contributed by atoms with Crippen LogP contribution in [-0.4, -0.2) is 29.6 Å². The van der Waals surface area contributed by atoms with E-state index in [2.05, 4.69) is 15.3 Å². The van der Waals surface area contributed by atoms with Crippen LogP contribution in [-0.2, 0) is 24.1 Å². The van der Waals surface area contributed by atoms with Crippen molar-refractivity contribution in [2.45, 2.75) is 19.4 Å². The molecule has 0 saturated heterocycles. The molecule has 0 atom stereocenters. The van der Waals surface area contributed by atoms with Crippen molar-refractivity contribution in [3.8, 4) is 0 Å². The van der Waals surface area contributed by atoms with E-state index < -0.39 is 0 Å². The first-order chi connectivity index (χ1) is 9.78. The molecule has 3 heterocycles. The Bertz CT molecular complexity index is 626. The van der Waals surface area contributed by atoms with Gasteiger partial charge >= 0.3 is 5.97 Å². The van der Waals surface area contributed by atoms with Crippen molar-refractivity contribution in [2.75, 3.05) is 13.7 Å². The van der Waals surface area contributed by atoms with Gasteiger partial charge in [-0.1, -0.05) is 6.07 Å². The smallest absolute Gasteiger partial charge is 0.357 e. The number of aromatic nitrogens is 2. The summed E-state index contributed by atoms with van der Waals surface area (Å²) in [6.45, 7) is 1.50. The van der Waals surface area contributed by atoms with Crippen LogP contribution in [0.25, 0.3) is 0 Å². The molecule has 0 radical (unpaired) electrons. The zero-order valence-electron chi connectivity index (χ0n) is 11.2. The van der Waals surface area contributed by atoms with Crippen molar-refractivity contribution < 1.29 is 9.53 Å². The minimum absolute atomic E-state index is 0.389. The number of fused-ring (bicyclic) bond motifs is 1. The molecule has 104 valence electrons. The summed E-state index contributed by atoms with van der Waals surface area (Å²) in [6.07, 6.45) is 1.47. The summed E-state index contributed by atoms with van der Waals surface area (Å²) in [4.78, 5) is 22.1. The van der Waals surface area contributed by atoms with Gasteiger partial charge in [-0.25, -0.2) is 14.8 Å². The maximum Gasteiger partial charge on any atom is 0.357 e. The Kier molecular flexibility index (Phi) is 3.75. The van der Waals surface area contributed by atoms with Crippen LogP contribution in [0.5, 0.6) is 0 Å². The first kappa shape index (κ1) is 13.2. The van der Waals surface area contributed by atoms with Gasteiger partial charge in [0.1, 0.15) is 5.82 Å². The van der Waals surface area contributed by atoms with E-state index in [4.69, 9.17) is 4.74 Å². The number of carbonyl (C=O) groups excluding carboxylic acids is 1. The summed E-state index contributed by atoms with van der Waals surface area (Å²) in [6, 6.07) is 4.05. The predicted octanol–water partition coefficient (Wildman–Crippen LogP) is 1.56. The average molecular weight is 289 g/mol. The van der Waals surface area contributed by atoms with Gasteiger partial charge in [0.2, 0.25) is 0 Å². The molecule has 3 rings (SSSR count). The second kappa shape index (κ2) is 5.68. The third-order valence-electron chi connectivity index (χ3n) is 3.27. The largest absolute Gasteiger partial charge is 0.464 e. The Labute approximate surface area is 121 Å². The summed E-state index contributed by atoms with van der Waals surface area (Å²) in [5, 5.41) is 5.27. The predicted molar refractivity (Wildman–Crippen MR) is 75.9 cm³/mol. The van der Waals surface area contributed by atoms with Crippen molar-refractivity contribution in [1.29, 1.82) is 0 Å². The summed E-state index contributed by atoms with van der Waals surface area (Å²) >= 11 is 1.67. The Morgan fingerprint density at radius 3 is 3.15 bits per heavy atom. The van der Waals surface area contributed by atoms with Crippen LogP contribution >= 0.6 is 11.3 Å².